The molecule has 1 amide bonds. The standard InChI is InChI=1S/C21H13F6N5O2/c1-34-17-6-5-12-14(31-17)3-2-4-15(12)32-18(21(25,26)27)13(10-29-32)19(33)30-11-7-8-28-16(9-11)20(22,23)24/h2-10H,1H3,(H,28,30,33). The lowest BCUT2D eigenvalue weighted by Crippen LogP contribution is -2.21. The fraction of sp³-hybridized carbons (Fsp3) is 0.143. The Morgan fingerprint density at radius 3 is 2.47 bits per heavy atom. The van der Waals surface area contributed by atoms with Crippen LogP contribution >= 0.6 is 0 Å². The summed E-state index contributed by atoms with van der Waals surface area (Å²) in [6.45, 7) is 0. The number of alkyl halides is 6. The maximum absolute atomic E-state index is 14.0. The van der Waals surface area contributed by atoms with Crippen molar-refractivity contribution in [3.63, 3.8) is 0 Å². The average molecular weight is 481 g/mol. The number of halogens is 6. The fourth-order valence-corrected chi connectivity index (χ4v) is 3.25. The van der Waals surface area contributed by atoms with Crippen LogP contribution in [0.5, 0.6) is 5.88 Å². The summed E-state index contributed by atoms with van der Waals surface area (Å²) in [6, 6.07) is 8.87. The summed E-state index contributed by atoms with van der Waals surface area (Å²) in [6.07, 6.45) is -8.35. The number of hydrogen-bond acceptors (Lipinski definition) is 5. The van der Waals surface area contributed by atoms with Crippen LogP contribution in [0.25, 0.3) is 16.6 Å². The average Bonchev–Trinajstić information content (AvgIpc) is 3.24. The van der Waals surface area contributed by atoms with E-state index in [1.165, 1.54) is 31.4 Å². The van der Waals surface area contributed by atoms with E-state index in [0.29, 0.717) is 27.8 Å². The second kappa shape index (κ2) is 8.32. The molecule has 7 nitrogen and oxygen atoms in total. The summed E-state index contributed by atoms with van der Waals surface area (Å²) in [5.74, 6) is -1.05. The number of ether oxygens (including phenoxy) is 1. The first-order valence-electron chi connectivity index (χ1n) is 9.43. The fourth-order valence-electron chi connectivity index (χ4n) is 3.25. The number of hydrogen-bond donors (Lipinski definition) is 1. The number of amides is 1. The highest BCUT2D eigenvalue weighted by molar-refractivity contribution is 6.05. The maximum atomic E-state index is 14.0. The highest BCUT2D eigenvalue weighted by Gasteiger charge is 2.41. The van der Waals surface area contributed by atoms with Crippen molar-refractivity contribution in [2.24, 2.45) is 0 Å². The number of fused-ring (bicyclic) bond motifs is 1. The van der Waals surface area contributed by atoms with Crippen LogP contribution in [0.15, 0.2) is 54.9 Å². The van der Waals surface area contributed by atoms with Crippen molar-refractivity contribution in [2.75, 3.05) is 12.4 Å². The Balaban J connectivity index is 1.78. The predicted molar refractivity (Wildman–Crippen MR) is 108 cm³/mol. The van der Waals surface area contributed by atoms with Gasteiger partial charge in [-0.1, -0.05) is 6.07 Å². The number of carbonyl (C=O) groups excluding carboxylic acids is 1. The Labute approximate surface area is 187 Å². The third-order valence-corrected chi connectivity index (χ3v) is 4.71. The molecular formula is C21H13F6N5O2. The molecule has 3 aromatic heterocycles. The third kappa shape index (κ3) is 4.36. The maximum Gasteiger partial charge on any atom is 0.434 e. The minimum absolute atomic E-state index is 0.0118. The third-order valence-electron chi connectivity index (χ3n) is 4.71. The van der Waals surface area contributed by atoms with E-state index in [2.05, 4.69) is 15.1 Å². The van der Waals surface area contributed by atoms with Gasteiger partial charge >= 0.3 is 12.4 Å². The Kier molecular flexibility index (Phi) is 5.63. The molecule has 0 aliphatic heterocycles. The zero-order chi connectivity index (χ0) is 24.7. The molecule has 4 aromatic rings. The Hall–Kier alpha value is -4.16. The number of pyridine rings is 2. The van der Waals surface area contributed by atoms with Gasteiger partial charge in [0, 0.05) is 23.3 Å². The summed E-state index contributed by atoms with van der Waals surface area (Å²) in [5.41, 5.74) is -3.66. The SMILES string of the molecule is COc1ccc2c(-n3ncc(C(=O)Nc4ccnc(C(F)(F)F)c4)c3C(F)(F)F)cccc2n1. The minimum atomic E-state index is -5.03. The molecular weight excluding hydrogens is 468 g/mol. The van der Waals surface area contributed by atoms with Gasteiger partial charge in [-0.25, -0.2) is 9.67 Å². The van der Waals surface area contributed by atoms with E-state index in [9.17, 15) is 31.1 Å². The van der Waals surface area contributed by atoms with Crippen LogP contribution in [-0.4, -0.2) is 32.8 Å². The topological polar surface area (TPSA) is 81.9 Å². The quantitative estimate of drug-likeness (QED) is 0.410. The van der Waals surface area contributed by atoms with Crippen molar-refractivity contribution in [1.29, 1.82) is 0 Å². The molecule has 0 atom stereocenters. The van der Waals surface area contributed by atoms with Crippen LogP contribution in [0.4, 0.5) is 32.0 Å². The first-order valence-corrected chi connectivity index (χ1v) is 9.43. The number of benzene rings is 1. The molecule has 0 saturated carbocycles. The molecule has 3 heterocycles. The van der Waals surface area contributed by atoms with E-state index < -0.39 is 35.2 Å². The number of nitrogens with zero attached hydrogens (tertiary/aromatic N) is 4. The predicted octanol–water partition coefficient (Wildman–Crippen LogP) is 5.11. The van der Waals surface area contributed by atoms with Gasteiger partial charge in [0.25, 0.3) is 5.91 Å². The van der Waals surface area contributed by atoms with Crippen LogP contribution in [-0.2, 0) is 12.4 Å². The van der Waals surface area contributed by atoms with Crippen molar-refractivity contribution in [3.05, 3.63) is 71.8 Å². The lowest BCUT2D eigenvalue weighted by atomic mass is 10.1. The molecule has 0 aliphatic carbocycles. The van der Waals surface area contributed by atoms with Crippen LogP contribution in [0, 0.1) is 0 Å². The number of aromatic nitrogens is 4. The zero-order valence-corrected chi connectivity index (χ0v) is 17.1. The summed E-state index contributed by atoms with van der Waals surface area (Å²) in [4.78, 5) is 20.0. The normalized spacial score (nSPS) is 12.1. The summed E-state index contributed by atoms with van der Waals surface area (Å²) >= 11 is 0. The lowest BCUT2D eigenvalue weighted by molar-refractivity contribution is -0.143. The van der Waals surface area contributed by atoms with Crippen LogP contribution in [0.3, 0.4) is 0 Å². The summed E-state index contributed by atoms with van der Waals surface area (Å²) in [5, 5.41) is 6.09. The van der Waals surface area contributed by atoms with E-state index in [-0.39, 0.29) is 17.3 Å². The van der Waals surface area contributed by atoms with Crippen molar-refractivity contribution < 1.29 is 35.9 Å². The van der Waals surface area contributed by atoms with Gasteiger partial charge in [0.05, 0.1) is 30.1 Å². The van der Waals surface area contributed by atoms with Crippen LogP contribution in [0.2, 0.25) is 0 Å². The Morgan fingerprint density at radius 1 is 1.03 bits per heavy atom. The molecule has 0 radical (unpaired) electrons. The Morgan fingerprint density at radius 2 is 1.79 bits per heavy atom. The highest BCUT2D eigenvalue weighted by Crippen LogP contribution is 2.36. The first-order chi connectivity index (χ1) is 16.0. The van der Waals surface area contributed by atoms with Gasteiger partial charge in [-0.05, 0) is 30.3 Å². The molecule has 1 N–H and O–H groups in total. The van der Waals surface area contributed by atoms with E-state index in [1.807, 2.05) is 5.32 Å². The molecule has 4 rings (SSSR count). The molecule has 0 unspecified atom stereocenters. The molecule has 0 saturated heterocycles. The summed E-state index contributed by atoms with van der Waals surface area (Å²) < 4.78 is 86.3. The summed E-state index contributed by atoms with van der Waals surface area (Å²) in [7, 11) is 1.39. The second-order valence-electron chi connectivity index (χ2n) is 6.90. The van der Waals surface area contributed by atoms with Crippen LogP contribution in [0.1, 0.15) is 21.7 Å². The molecule has 0 fully saturated rings. The van der Waals surface area contributed by atoms with E-state index in [4.69, 9.17) is 4.74 Å². The molecule has 0 spiro atoms. The van der Waals surface area contributed by atoms with Gasteiger partial charge in [0.2, 0.25) is 5.88 Å². The molecule has 13 heteroatoms. The lowest BCUT2D eigenvalue weighted by Gasteiger charge is -2.15. The number of carbonyl (C=O) groups is 1. The second-order valence-corrected chi connectivity index (χ2v) is 6.90. The minimum Gasteiger partial charge on any atom is -0.481 e. The van der Waals surface area contributed by atoms with Gasteiger partial charge in [0.15, 0.2) is 5.69 Å². The Bertz CT molecular complexity index is 1380. The van der Waals surface area contributed by atoms with Gasteiger partial charge in [-0.3, -0.25) is 9.78 Å². The number of nitrogens with one attached hydrogen (secondary N) is 1. The molecule has 176 valence electrons. The van der Waals surface area contributed by atoms with Crippen LogP contribution < -0.4 is 10.1 Å². The molecule has 0 bridgehead atoms. The van der Waals surface area contributed by atoms with Gasteiger partial charge < -0.3 is 10.1 Å². The van der Waals surface area contributed by atoms with Crippen molar-refractivity contribution in [3.8, 4) is 11.6 Å². The monoisotopic (exact) mass is 481 g/mol. The molecule has 0 aliphatic rings. The van der Waals surface area contributed by atoms with Crippen molar-refractivity contribution >= 4 is 22.5 Å². The van der Waals surface area contributed by atoms with Gasteiger partial charge in [-0.15, -0.1) is 0 Å². The van der Waals surface area contributed by atoms with E-state index in [0.717, 1.165) is 12.3 Å². The van der Waals surface area contributed by atoms with Crippen molar-refractivity contribution in [1.82, 2.24) is 19.7 Å². The number of rotatable bonds is 4. The number of methoxy groups -OCH3 is 1. The largest absolute Gasteiger partial charge is 0.481 e. The van der Waals surface area contributed by atoms with Gasteiger partial charge in [-0.2, -0.15) is 31.4 Å². The number of anilines is 1. The zero-order valence-electron chi connectivity index (χ0n) is 17.1. The molecule has 1 aromatic carbocycles. The molecule has 34 heavy (non-hydrogen) atoms. The van der Waals surface area contributed by atoms with E-state index >= 15 is 0 Å². The van der Waals surface area contributed by atoms with Crippen molar-refractivity contribution in [2.45, 2.75) is 12.4 Å². The highest BCUT2D eigenvalue weighted by atomic mass is 19.4. The smallest absolute Gasteiger partial charge is 0.434 e. The van der Waals surface area contributed by atoms with Gasteiger partial charge in [0.1, 0.15) is 5.69 Å². The van der Waals surface area contributed by atoms with E-state index in [1.54, 1.807) is 6.07 Å². The first kappa shape index (κ1) is 23.0.